The molecule has 0 saturated carbocycles. The predicted octanol–water partition coefficient (Wildman–Crippen LogP) is 2.88. The monoisotopic (exact) mass is 351 g/mol. The first-order chi connectivity index (χ1) is 12.5. The van der Waals surface area contributed by atoms with Crippen LogP contribution in [0.4, 0.5) is 0 Å². The van der Waals surface area contributed by atoms with Gasteiger partial charge in [-0.05, 0) is 31.4 Å². The molecule has 2 fully saturated rings. The molecule has 1 aromatic carbocycles. The fourth-order valence-electron chi connectivity index (χ4n) is 4.23. The Morgan fingerprint density at radius 2 is 2.12 bits per heavy atom. The third kappa shape index (κ3) is 2.62. The van der Waals surface area contributed by atoms with Crippen LogP contribution in [0.3, 0.4) is 0 Å². The molecular weight excluding hydrogens is 326 g/mol. The summed E-state index contributed by atoms with van der Waals surface area (Å²) in [6.07, 6.45) is 2.18. The van der Waals surface area contributed by atoms with E-state index >= 15 is 0 Å². The fraction of sp³-hybridized carbons (Fsp3) is 0.429. The number of amides is 2. The number of rotatable bonds is 4. The number of aromatic nitrogens is 1. The van der Waals surface area contributed by atoms with Gasteiger partial charge in [-0.3, -0.25) is 9.59 Å². The van der Waals surface area contributed by atoms with Gasteiger partial charge in [0, 0.05) is 35.5 Å². The molecule has 3 heterocycles. The summed E-state index contributed by atoms with van der Waals surface area (Å²) in [5.74, 6) is 0.194. The second-order valence-corrected chi connectivity index (χ2v) is 7.59. The molecule has 1 aromatic heterocycles. The number of fused-ring (bicyclic) bond motifs is 2. The molecule has 2 N–H and O–H groups in total. The molecule has 2 amide bonds. The Morgan fingerprint density at radius 1 is 1.35 bits per heavy atom. The number of hydrogen-bond donors (Lipinski definition) is 2. The van der Waals surface area contributed by atoms with Gasteiger partial charge in [-0.25, -0.2) is 0 Å². The predicted molar refractivity (Wildman–Crippen MR) is 102 cm³/mol. The maximum atomic E-state index is 12.9. The number of nitrogens with one attached hydrogen (secondary N) is 2. The number of aromatic amines is 1. The maximum absolute atomic E-state index is 12.9. The lowest BCUT2D eigenvalue weighted by Crippen LogP contribution is -2.61. The number of nitrogens with zero attached hydrogens (tertiary/aromatic N) is 1. The number of carbonyl (C=O) groups is 2. The molecule has 5 heteroatoms. The second-order valence-electron chi connectivity index (χ2n) is 7.59. The van der Waals surface area contributed by atoms with Gasteiger partial charge in [-0.15, -0.1) is 0 Å². The average molecular weight is 351 g/mol. The molecule has 26 heavy (non-hydrogen) atoms. The minimum Gasteiger partial charge on any atom is -0.358 e. The van der Waals surface area contributed by atoms with Crippen molar-refractivity contribution in [1.82, 2.24) is 15.2 Å². The van der Waals surface area contributed by atoms with Crippen molar-refractivity contribution in [3.05, 3.63) is 47.7 Å². The second kappa shape index (κ2) is 6.31. The molecule has 0 spiro atoms. The van der Waals surface area contributed by atoms with Crippen LogP contribution in [0.25, 0.3) is 10.9 Å². The van der Waals surface area contributed by atoms with Crippen LogP contribution < -0.4 is 5.32 Å². The van der Waals surface area contributed by atoms with E-state index in [1.807, 2.05) is 25.1 Å². The van der Waals surface area contributed by atoms with Gasteiger partial charge in [0.05, 0.1) is 0 Å². The topological polar surface area (TPSA) is 65.2 Å². The molecule has 2 aromatic rings. The molecule has 3 atom stereocenters. The molecule has 0 unspecified atom stereocenters. The van der Waals surface area contributed by atoms with Crippen molar-refractivity contribution in [2.24, 2.45) is 0 Å². The number of allylic oxidation sites excluding steroid dienone is 1. The first-order valence-electron chi connectivity index (χ1n) is 9.33. The van der Waals surface area contributed by atoms with E-state index < -0.39 is 6.04 Å². The first-order valence-corrected chi connectivity index (χ1v) is 9.33. The van der Waals surface area contributed by atoms with Crippen LogP contribution in [0.1, 0.15) is 43.9 Å². The van der Waals surface area contributed by atoms with Gasteiger partial charge in [0.15, 0.2) is 0 Å². The van der Waals surface area contributed by atoms with E-state index in [-0.39, 0.29) is 23.8 Å². The Labute approximate surface area is 153 Å². The van der Waals surface area contributed by atoms with Gasteiger partial charge < -0.3 is 15.2 Å². The molecule has 2 saturated heterocycles. The number of benzene rings is 1. The molecule has 0 radical (unpaired) electrons. The third-order valence-electron chi connectivity index (χ3n) is 5.88. The lowest BCUT2D eigenvalue weighted by atomic mass is 9.92. The molecule has 0 aliphatic carbocycles. The zero-order valence-electron chi connectivity index (χ0n) is 15.3. The fourth-order valence-corrected chi connectivity index (χ4v) is 4.23. The van der Waals surface area contributed by atoms with Gasteiger partial charge in [-0.1, -0.05) is 37.3 Å². The van der Waals surface area contributed by atoms with Crippen LogP contribution in [0.2, 0.25) is 0 Å². The first kappa shape index (κ1) is 16.9. The van der Waals surface area contributed by atoms with E-state index in [0.29, 0.717) is 13.0 Å². The summed E-state index contributed by atoms with van der Waals surface area (Å²) in [6.45, 7) is 8.92. The van der Waals surface area contributed by atoms with Crippen LogP contribution in [-0.2, 0) is 16.0 Å². The van der Waals surface area contributed by atoms with E-state index in [0.717, 1.165) is 40.6 Å². The molecule has 4 rings (SSSR count). The SMILES string of the molecule is C=C(C)[C@@H](C)c1[nH]c2ccccc2c1C[C@@H]1NC(=O)[C@@H]2CCCN2C1=O. The highest BCUT2D eigenvalue weighted by atomic mass is 16.2. The summed E-state index contributed by atoms with van der Waals surface area (Å²) >= 11 is 0. The van der Waals surface area contributed by atoms with Gasteiger partial charge in [0.25, 0.3) is 0 Å². The van der Waals surface area contributed by atoms with Crippen molar-refractivity contribution in [3.63, 3.8) is 0 Å². The smallest absolute Gasteiger partial charge is 0.246 e. The summed E-state index contributed by atoms with van der Waals surface area (Å²) in [6, 6.07) is 7.37. The van der Waals surface area contributed by atoms with Crippen molar-refractivity contribution in [2.75, 3.05) is 6.54 Å². The highest BCUT2D eigenvalue weighted by Crippen LogP contribution is 2.33. The van der Waals surface area contributed by atoms with Gasteiger partial charge in [0.2, 0.25) is 11.8 Å². The minimum absolute atomic E-state index is 0.0126. The van der Waals surface area contributed by atoms with Crippen LogP contribution in [0.15, 0.2) is 36.4 Å². The van der Waals surface area contributed by atoms with Crippen molar-refractivity contribution in [3.8, 4) is 0 Å². The van der Waals surface area contributed by atoms with E-state index in [4.69, 9.17) is 0 Å². The third-order valence-corrected chi connectivity index (χ3v) is 5.88. The highest BCUT2D eigenvalue weighted by Gasteiger charge is 2.43. The Kier molecular flexibility index (Phi) is 4.10. The molecule has 5 nitrogen and oxygen atoms in total. The van der Waals surface area contributed by atoms with Crippen molar-refractivity contribution in [2.45, 2.75) is 51.1 Å². The molecule has 2 aliphatic heterocycles. The van der Waals surface area contributed by atoms with Crippen LogP contribution >= 0.6 is 0 Å². The lowest BCUT2D eigenvalue weighted by Gasteiger charge is -2.34. The standard InChI is InChI=1S/C21H25N3O2/c1-12(2)13(3)19-15(14-7-4-5-8-16(14)22-19)11-17-21(26)24-10-6-9-18(24)20(25)23-17/h4-5,7-8,13,17-18,22H,1,6,9-11H2,2-3H3,(H,23,25)/t13-,17+,18+/m1/s1. The molecule has 2 aliphatic rings. The Morgan fingerprint density at radius 3 is 2.88 bits per heavy atom. The average Bonchev–Trinajstić information content (AvgIpc) is 3.24. The Bertz CT molecular complexity index is 898. The Hall–Kier alpha value is -2.56. The van der Waals surface area contributed by atoms with Crippen molar-refractivity contribution in [1.29, 1.82) is 0 Å². The molecule has 0 bridgehead atoms. The van der Waals surface area contributed by atoms with E-state index in [2.05, 4.69) is 29.9 Å². The highest BCUT2D eigenvalue weighted by molar-refractivity contribution is 5.98. The zero-order valence-corrected chi connectivity index (χ0v) is 15.3. The summed E-state index contributed by atoms with van der Waals surface area (Å²) in [4.78, 5) is 30.6. The van der Waals surface area contributed by atoms with E-state index in [9.17, 15) is 9.59 Å². The summed E-state index contributed by atoms with van der Waals surface area (Å²) in [5.41, 5.74) is 4.31. The summed E-state index contributed by atoms with van der Waals surface area (Å²) in [7, 11) is 0. The minimum atomic E-state index is -0.493. The lowest BCUT2D eigenvalue weighted by molar-refractivity contribution is -0.146. The number of para-hydroxylation sites is 1. The van der Waals surface area contributed by atoms with Gasteiger partial charge in [-0.2, -0.15) is 0 Å². The van der Waals surface area contributed by atoms with E-state index in [1.165, 1.54) is 0 Å². The summed E-state index contributed by atoms with van der Waals surface area (Å²) in [5, 5.41) is 4.08. The van der Waals surface area contributed by atoms with Crippen LogP contribution in [0, 0.1) is 0 Å². The normalized spacial score (nSPS) is 23.8. The van der Waals surface area contributed by atoms with Crippen LogP contribution in [-0.4, -0.2) is 40.3 Å². The molecular formula is C21H25N3O2. The number of carbonyl (C=O) groups excluding carboxylic acids is 2. The quantitative estimate of drug-likeness (QED) is 0.832. The zero-order chi connectivity index (χ0) is 18.4. The van der Waals surface area contributed by atoms with Crippen molar-refractivity contribution < 1.29 is 9.59 Å². The van der Waals surface area contributed by atoms with Crippen LogP contribution in [0.5, 0.6) is 0 Å². The maximum Gasteiger partial charge on any atom is 0.246 e. The molecule has 136 valence electrons. The van der Waals surface area contributed by atoms with Crippen molar-refractivity contribution >= 4 is 22.7 Å². The largest absolute Gasteiger partial charge is 0.358 e. The van der Waals surface area contributed by atoms with Gasteiger partial charge >= 0.3 is 0 Å². The number of piperazine rings is 1. The van der Waals surface area contributed by atoms with Gasteiger partial charge in [0.1, 0.15) is 12.1 Å². The summed E-state index contributed by atoms with van der Waals surface area (Å²) < 4.78 is 0. The number of hydrogen-bond acceptors (Lipinski definition) is 2. The Balaban J connectivity index is 1.72. The number of H-pyrrole nitrogens is 1. The van der Waals surface area contributed by atoms with E-state index in [1.54, 1.807) is 4.90 Å².